The number of hydrogen-bond donors (Lipinski definition) is 1. The maximum atomic E-state index is 12.7. The predicted octanol–water partition coefficient (Wildman–Crippen LogP) is 2.16. The molecule has 0 saturated heterocycles. The summed E-state index contributed by atoms with van der Waals surface area (Å²) in [6.07, 6.45) is -0.303. The number of ether oxygens (including phenoxy) is 2. The van der Waals surface area contributed by atoms with Crippen molar-refractivity contribution in [2.75, 3.05) is 13.2 Å². The molecule has 1 aliphatic carbocycles. The molecule has 0 radical (unpaired) electrons. The fraction of sp³-hybridized carbons (Fsp3) is 0.550. The lowest BCUT2D eigenvalue weighted by atomic mass is 9.61. The second-order valence-electron chi connectivity index (χ2n) is 6.90. The van der Waals surface area contributed by atoms with Gasteiger partial charge in [-0.3, -0.25) is 14.4 Å². The van der Waals surface area contributed by atoms with Gasteiger partial charge in [0.25, 0.3) is 0 Å². The third-order valence-electron chi connectivity index (χ3n) is 4.81. The van der Waals surface area contributed by atoms with Crippen molar-refractivity contribution >= 4 is 17.7 Å². The molecule has 0 unspecified atom stereocenters. The molecule has 1 N–H and O–H groups in total. The van der Waals surface area contributed by atoms with E-state index in [-0.39, 0.29) is 19.6 Å². The molecular formula is C20H26O6. The van der Waals surface area contributed by atoms with E-state index in [1.165, 1.54) is 6.92 Å². The first-order chi connectivity index (χ1) is 12.2. The fourth-order valence-corrected chi connectivity index (χ4v) is 3.67. The Balaban J connectivity index is 2.59. The van der Waals surface area contributed by atoms with Crippen LogP contribution in [0.2, 0.25) is 0 Å². The van der Waals surface area contributed by atoms with Crippen molar-refractivity contribution in [3.05, 3.63) is 35.4 Å². The highest BCUT2D eigenvalue weighted by Gasteiger charge is 2.57. The number of Topliss-reactive ketones (excluding diaryl/α,β-unsaturated/α-hetero) is 1. The van der Waals surface area contributed by atoms with Crippen LogP contribution in [-0.4, -0.2) is 41.6 Å². The Morgan fingerprint density at radius 1 is 1.12 bits per heavy atom. The minimum absolute atomic E-state index is 0.129. The number of aryl methyl sites for hydroxylation is 1. The summed E-state index contributed by atoms with van der Waals surface area (Å²) in [5.74, 6) is -4.76. The maximum absolute atomic E-state index is 12.7. The largest absolute Gasteiger partial charge is 0.466 e. The van der Waals surface area contributed by atoms with E-state index >= 15 is 0 Å². The number of carbonyl (C=O) groups excluding carboxylic acids is 3. The lowest BCUT2D eigenvalue weighted by molar-refractivity contribution is -0.172. The summed E-state index contributed by atoms with van der Waals surface area (Å²) in [6, 6.07) is 7.22. The van der Waals surface area contributed by atoms with Crippen molar-refractivity contribution in [3.8, 4) is 0 Å². The van der Waals surface area contributed by atoms with E-state index in [2.05, 4.69) is 0 Å². The van der Waals surface area contributed by atoms with Crippen molar-refractivity contribution < 1.29 is 29.0 Å². The summed E-state index contributed by atoms with van der Waals surface area (Å²) < 4.78 is 10.2. The molecule has 0 aliphatic heterocycles. The topological polar surface area (TPSA) is 89.9 Å². The first-order valence-corrected chi connectivity index (χ1v) is 8.87. The average molecular weight is 362 g/mol. The normalized spacial score (nSPS) is 28.5. The Morgan fingerprint density at radius 2 is 1.65 bits per heavy atom. The molecule has 1 aliphatic rings. The van der Waals surface area contributed by atoms with Crippen LogP contribution >= 0.6 is 0 Å². The number of ketones is 1. The summed E-state index contributed by atoms with van der Waals surface area (Å²) in [4.78, 5) is 37.9. The quantitative estimate of drug-likeness (QED) is 0.638. The van der Waals surface area contributed by atoms with Crippen LogP contribution in [0.1, 0.15) is 44.2 Å². The van der Waals surface area contributed by atoms with Crippen molar-refractivity contribution in [2.45, 2.75) is 45.6 Å². The Kier molecular flexibility index (Phi) is 6.18. The number of esters is 2. The van der Waals surface area contributed by atoms with Crippen LogP contribution in [0, 0.1) is 18.8 Å². The summed E-state index contributed by atoms with van der Waals surface area (Å²) >= 11 is 0. The second kappa shape index (κ2) is 7.99. The van der Waals surface area contributed by atoms with Crippen LogP contribution in [0.25, 0.3) is 0 Å². The van der Waals surface area contributed by atoms with E-state index < -0.39 is 41.1 Å². The maximum Gasteiger partial charge on any atom is 0.317 e. The molecule has 6 heteroatoms. The Bertz CT molecular complexity index is 676. The lowest BCUT2D eigenvalue weighted by Gasteiger charge is -2.43. The Morgan fingerprint density at radius 3 is 2.19 bits per heavy atom. The minimum Gasteiger partial charge on any atom is -0.466 e. The molecule has 0 aromatic heterocycles. The van der Waals surface area contributed by atoms with Crippen LogP contribution in [-0.2, 0) is 23.9 Å². The third kappa shape index (κ3) is 3.96. The van der Waals surface area contributed by atoms with Gasteiger partial charge in [-0.05, 0) is 33.3 Å². The lowest BCUT2D eigenvalue weighted by Crippen LogP contribution is -2.55. The first kappa shape index (κ1) is 20.1. The van der Waals surface area contributed by atoms with Gasteiger partial charge in [0.1, 0.15) is 5.92 Å². The molecule has 0 spiro atoms. The van der Waals surface area contributed by atoms with E-state index in [4.69, 9.17) is 9.47 Å². The number of carbonyl (C=O) groups is 3. The highest BCUT2D eigenvalue weighted by molar-refractivity contribution is 6.02. The number of benzene rings is 1. The summed E-state index contributed by atoms with van der Waals surface area (Å²) in [5, 5.41) is 10.8. The monoisotopic (exact) mass is 362 g/mol. The van der Waals surface area contributed by atoms with Crippen molar-refractivity contribution in [1.29, 1.82) is 0 Å². The van der Waals surface area contributed by atoms with Gasteiger partial charge in [-0.2, -0.15) is 0 Å². The Labute approximate surface area is 153 Å². The smallest absolute Gasteiger partial charge is 0.317 e. The van der Waals surface area contributed by atoms with E-state index in [0.29, 0.717) is 5.56 Å². The predicted molar refractivity (Wildman–Crippen MR) is 94.4 cm³/mol. The first-order valence-electron chi connectivity index (χ1n) is 8.87. The molecule has 0 bridgehead atoms. The van der Waals surface area contributed by atoms with Crippen LogP contribution in [0.15, 0.2) is 24.3 Å². The summed E-state index contributed by atoms with van der Waals surface area (Å²) in [6.45, 7) is 6.95. The molecule has 0 amide bonds. The van der Waals surface area contributed by atoms with Crippen molar-refractivity contribution in [3.63, 3.8) is 0 Å². The van der Waals surface area contributed by atoms with Crippen LogP contribution in [0.4, 0.5) is 0 Å². The van der Waals surface area contributed by atoms with Crippen LogP contribution < -0.4 is 0 Å². The third-order valence-corrected chi connectivity index (χ3v) is 4.81. The number of rotatable bonds is 5. The van der Waals surface area contributed by atoms with Gasteiger partial charge in [0.15, 0.2) is 5.78 Å². The van der Waals surface area contributed by atoms with Crippen molar-refractivity contribution in [1.82, 2.24) is 0 Å². The molecule has 0 heterocycles. The van der Waals surface area contributed by atoms with E-state index in [0.717, 1.165) is 5.56 Å². The molecule has 4 atom stereocenters. The fourth-order valence-electron chi connectivity index (χ4n) is 3.67. The molecule has 1 aromatic carbocycles. The molecule has 1 saturated carbocycles. The second-order valence-corrected chi connectivity index (χ2v) is 6.90. The van der Waals surface area contributed by atoms with Crippen molar-refractivity contribution in [2.24, 2.45) is 11.8 Å². The highest BCUT2D eigenvalue weighted by Crippen LogP contribution is 2.46. The van der Waals surface area contributed by atoms with Gasteiger partial charge in [0.05, 0.1) is 24.7 Å². The van der Waals surface area contributed by atoms with Gasteiger partial charge in [0.2, 0.25) is 0 Å². The zero-order valence-electron chi connectivity index (χ0n) is 15.7. The highest BCUT2D eigenvalue weighted by atomic mass is 16.5. The molecular weight excluding hydrogens is 336 g/mol. The van der Waals surface area contributed by atoms with E-state index in [1.54, 1.807) is 26.0 Å². The number of aliphatic hydroxyl groups is 1. The Hall–Kier alpha value is -2.21. The summed E-state index contributed by atoms with van der Waals surface area (Å²) in [5.41, 5.74) is 0.0186. The number of hydrogen-bond acceptors (Lipinski definition) is 6. The van der Waals surface area contributed by atoms with Gasteiger partial charge < -0.3 is 14.6 Å². The van der Waals surface area contributed by atoms with Gasteiger partial charge in [-0.25, -0.2) is 0 Å². The zero-order chi connectivity index (χ0) is 19.5. The van der Waals surface area contributed by atoms with Gasteiger partial charge in [-0.15, -0.1) is 0 Å². The molecule has 26 heavy (non-hydrogen) atoms. The van der Waals surface area contributed by atoms with Gasteiger partial charge >= 0.3 is 11.9 Å². The molecule has 1 fully saturated rings. The SMILES string of the molecule is CCOC(=O)[C@@H]1C(=O)C[C@](C)(O)[C@@H](C(=O)OCC)[C@H]1c1ccc(C)cc1. The van der Waals surface area contributed by atoms with Crippen LogP contribution in [0.3, 0.4) is 0 Å². The molecule has 142 valence electrons. The molecule has 6 nitrogen and oxygen atoms in total. The average Bonchev–Trinajstić information content (AvgIpc) is 2.54. The van der Waals surface area contributed by atoms with E-state index in [9.17, 15) is 19.5 Å². The minimum atomic E-state index is -1.61. The zero-order valence-corrected chi connectivity index (χ0v) is 15.7. The van der Waals surface area contributed by atoms with E-state index in [1.807, 2.05) is 19.1 Å². The summed E-state index contributed by atoms with van der Waals surface area (Å²) in [7, 11) is 0. The van der Waals surface area contributed by atoms with Gasteiger partial charge in [-0.1, -0.05) is 29.8 Å². The van der Waals surface area contributed by atoms with Crippen LogP contribution in [0.5, 0.6) is 0 Å². The molecule has 1 aromatic rings. The standard InChI is InChI=1S/C20H26O6/c1-5-25-18(22)16-14(21)11-20(4,24)17(19(23)26-6-2)15(16)13-9-7-12(3)8-10-13/h7-10,15-17,24H,5-6,11H2,1-4H3/t15-,16+,17+,20-/m0/s1. The molecule has 2 rings (SSSR count). The van der Waals surface area contributed by atoms with Gasteiger partial charge in [0, 0.05) is 12.3 Å².